The van der Waals surface area contributed by atoms with E-state index in [0.29, 0.717) is 26.3 Å². The smallest absolute Gasteiger partial charge is 0.279 e. The Labute approximate surface area is 90.2 Å². The Balaban J connectivity index is 1.92. The minimum absolute atomic E-state index is 0.0397. The van der Waals surface area contributed by atoms with E-state index >= 15 is 0 Å². The largest absolute Gasteiger partial charge is 0.379 e. The minimum atomic E-state index is -3.30. The second kappa shape index (κ2) is 4.75. The molecule has 2 saturated heterocycles. The molecule has 15 heavy (non-hydrogen) atoms. The van der Waals surface area contributed by atoms with Crippen molar-refractivity contribution in [3.63, 3.8) is 0 Å². The molecule has 0 aromatic rings. The maximum absolute atomic E-state index is 11.9. The van der Waals surface area contributed by atoms with Gasteiger partial charge in [-0.25, -0.2) is 0 Å². The lowest BCUT2D eigenvalue weighted by molar-refractivity contribution is 0.0723. The Bertz CT molecular complexity index is 294. The summed E-state index contributed by atoms with van der Waals surface area (Å²) in [6, 6.07) is 0.0397. The van der Waals surface area contributed by atoms with Crippen LogP contribution in [0.15, 0.2) is 0 Å². The fraction of sp³-hybridized carbons (Fsp3) is 1.00. The maximum atomic E-state index is 11.9. The Morgan fingerprint density at radius 3 is 2.67 bits per heavy atom. The molecule has 2 N–H and O–H groups in total. The van der Waals surface area contributed by atoms with Gasteiger partial charge in [-0.1, -0.05) is 0 Å². The Kier molecular flexibility index (Phi) is 3.57. The van der Waals surface area contributed by atoms with Crippen LogP contribution < -0.4 is 10.0 Å². The van der Waals surface area contributed by atoms with Crippen molar-refractivity contribution < 1.29 is 13.2 Å². The molecule has 0 aliphatic carbocycles. The molecule has 0 saturated carbocycles. The van der Waals surface area contributed by atoms with Gasteiger partial charge in [-0.2, -0.15) is 17.4 Å². The summed E-state index contributed by atoms with van der Waals surface area (Å²) in [5.74, 6) is 0. The van der Waals surface area contributed by atoms with Gasteiger partial charge < -0.3 is 10.1 Å². The molecule has 0 unspecified atom stereocenters. The second-order valence-electron chi connectivity index (χ2n) is 3.82. The van der Waals surface area contributed by atoms with Crippen molar-refractivity contribution in [2.45, 2.75) is 12.5 Å². The number of nitrogens with zero attached hydrogens (tertiary/aromatic N) is 1. The molecule has 2 fully saturated rings. The molecule has 0 radical (unpaired) electrons. The summed E-state index contributed by atoms with van der Waals surface area (Å²) in [5.41, 5.74) is 0. The Hall–Kier alpha value is -0.210. The van der Waals surface area contributed by atoms with Crippen LogP contribution in [-0.4, -0.2) is 58.2 Å². The Morgan fingerprint density at radius 1 is 1.33 bits per heavy atom. The standard InChI is InChI=1S/C8H17N3O3S/c12-15(13,10-8-1-2-9-7-8)11-3-5-14-6-4-11/h8-10H,1-7H2/t8-/m0/s1. The minimum Gasteiger partial charge on any atom is -0.379 e. The normalized spacial score (nSPS) is 29.5. The van der Waals surface area contributed by atoms with Gasteiger partial charge in [0.1, 0.15) is 0 Å². The number of morpholine rings is 1. The van der Waals surface area contributed by atoms with E-state index in [1.54, 1.807) is 0 Å². The van der Waals surface area contributed by atoms with Gasteiger partial charge in [0.05, 0.1) is 13.2 Å². The van der Waals surface area contributed by atoms with Crippen molar-refractivity contribution in [2.75, 3.05) is 39.4 Å². The average Bonchev–Trinajstić information content (AvgIpc) is 2.71. The lowest BCUT2D eigenvalue weighted by atomic mass is 10.3. The van der Waals surface area contributed by atoms with Crippen LogP contribution in [0, 0.1) is 0 Å². The summed E-state index contributed by atoms with van der Waals surface area (Å²) in [4.78, 5) is 0. The van der Waals surface area contributed by atoms with Crippen LogP contribution in [-0.2, 0) is 14.9 Å². The van der Waals surface area contributed by atoms with E-state index < -0.39 is 10.2 Å². The van der Waals surface area contributed by atoms with Crippen LogP contribution in [0.4, 0.5) is 0 Å². The van der Waals surface area contributed by atoms with Crippen molar-refractivity contribution >= 4 is 10.2 Å². The number of nitrogens with one attached hydrogen (secondary N) is 2. The van der Waals surface area contributed by atoms with Crippen LogP contribution in [0.3, 0.4) is 0 Å². The number of ether oxygens (including phenoxy) is 1. The van der Waals surface area contributed by atoms with E-state index in [2.05, 4.69) is 10.0 Å². The third-order valence-electron chi connectivity index (χ3n) is 2.69. The van der Waals surface area contributed by atoms with Crippen LogP contribution in [0.2, 0.25) is 0 Å². The third kappa shape index (κ3) is 2.88. The van der Waals surface area contributed by atoms with E-state index in [0.717, 1.165) is 19.5 Å². The molecule has 0 aromatic heterocycles. The molecule has 2 heterocycles. The quantitative estimate of drug-likeness (QED) is 0.625. The van der Waals surface area contributed by atoms with E-state index in [9.17, 15) is 8.42 Å². The summed E-state index contributed by atoms with van der Waals surface area (Å²) in [6.45, 7) is 3.50. The first kappa shape index (κ1) is 11.3. The lowest BCUT2D eigenvalue weighted by Crippen LogP contribution is -2.50. The highest BCUT2D eigenvalue weighted by Gasteiger charge is 2.27. The highest BCUT2D eigenvalue weighted by atomic mass is 32.2. The van der Waals surface area contributed by atoms with Gasteiger partial charge in [0.15, 0.2) is 0 Å². The lowest BCUT2D eigenvalue weighted by Gasteiger charge is -2.27. The molecule has 2 rings (SSSR count). The van der Waals surface area contributed by atoms with E-state index in [4.69, 9.17) is 4.74 Å². The van der Waals surface area contributed by atoms with Gasteiger partial charge in [-0.3, -0.25) is 0 Å². The fourth-order valence-corrected chi connectivity index (χ4v) is 3.23. The zero-order valence-corrected chi connectivity index (χ0v) is 9.42. The van der Waals surface area contributed by atoms with Crippen molar-refractivity contribution in [2.24, 2.45) is 0 Å². The van der Waals surface area contributed by atoms with Gasteiger partial charge in [-0.15, -0.1) is 0 Å². The number of hydrogen-bond acceptors (Lipinski definition) is 4. The topological polar surface area (TPSA) is 70.7 Å². The van der Waals surface area contributed by atoms with Crippen LogP contribution in [0.1, 0.15) is 6.42 Å². The predicted octanol–water partition coefficient (Wildman–Crippen LogP) is -1.49. The van der Waals surface area contributed by atoms with Crippen LogP contribution >= 0.6 is 0 Å². The predicted molar refractivity (Wildman–Crippen MR) is 55.7 cm³/mol. The van der Waals surface area contributed by atoms with E-state index in [1.807, 2.05) is 0 Å². The molecular formula is C8H17N3O3S. The second-order valence-corrected chi connectivity index (χ2v) is 5.53. The molecule has 1 atom stereocenters. The highest BCUT2D eigenvalue weighted by Crippen LogP contribution is 2.06. The summed E-state index contributed by atoms with van der Waals surface area (Å²) >= 11 is 0. The summed E-state index contributed by atoms with van der Waals surface area (Å²) < 4.78 is 33.0. The van der Waals surface area contributed by atoms with Crippen molar-refractivity contribution in [3.05, 3.63) is 0 Å². The summed E-state index contributed by atoms with van der Waals surface area (Å²) in [7, 11) is -3.30. The first-order valence-electron chi connectivity index (χ1n) is 5.24. The summed E-state index contributed by atoms with van der Waals surface area (Å²) in [5, 5.41) is 3.13. The fourth-order valence-electron chi connectivity index (χ4n) is 1.83. The Morgan fingerprint density at radius 2 is 2.07 bits per heavy atom. The van der Waals surface area contributed by atoms with Gasteiger partial charge >= 0.3 is 0 Å². The van der Waals surface area contributed by atoms with Crippen LogP contribution in [0.5, 0.6) is 0 Å². The van der Waals surface area contributed by atoms with Crippen molar-refractivity contribution in [1.82, 2.24) is 14.3 Å². The van der Waals surface area contributed by atoms with Gasteiger partial charge in [-0.05, 0) is 13.0 Å². The van der Waals surface area contributed by atoms with Gasteiger partial charge in [0, 0.05) is 25.7 Å². The SMILES string of the molecule is O=S(=O)(N[C@H]1CCNC1)N1CCOCC1. The van der Waals surface area contributed by atoms with Crippen molar-refractivity contribution in [1.29, 1.82) is 0 Å². The van der Waals surface area contributed by atoms with E-state index in [-0.39, 0.29) is 6.04 Å². The highest BCUT2D eigenvalue weighted by molar-refractivity contribution is 7.87. The first-order valence-corrected chi connectivity index (χ1v) is 6.68. The molecule has 0 spiro atoms. The van der Waals surface area contributed by atoms with E-state index in [1.165, 1.54) is 4.31 Å². The molecule has 0 aromatic carbocycles. The molecule has 6 nitrogen and oxygen atoms in total. The third-order valence-corrected chi connectivity index (χ3v) is 4.36. The summed E-state index contributed by atoms with van der Waals surface area (Å²) in [6.07, 6.45) is 0.865. The first-order chi connectivity index (χ1) is 7.18. The van der Waals surface area contributed by atoms with Gasteiger partial charge in [0.25, 0.3) is 10.2 Å². The average molecular weight is 235 g/mol. The maximum Gasteiger partial charge on any atom is 0.279 e. The molecular weight excluding hydrogens is 218 g/mol. The molecule has 7 heteroatoms. The molecule has 2 aliphatic heterocycles. The van der Waals surface area contributed by atoms with Crippen molar-refractivity contribution in [3.8, 4) is 0 Å². The monoisotopic (exact) mass is 235 g/mol. The molecule has 2 aliphatic rings. The van der Waals surface area contributed by atoms with Gasteiger partial charge in [0.2, 0.25) is 0 Å². The zero-order valence-electron chi connectivity index (χ0n) is 8.61. The number of hydrogen-bond donors (Lipinski definition) is 2. The van der Waals surface area contributed by atoms with Crippen LogP contribution in [0.25, 0.3) is 0 Å². The molecule has 88 valence electrons. The zero-order chi connectivity index (χ0) is 10.7. The molecule has 0 amide bonds. The molecule has 0 bridgehead atoms. The number of rotatable bonds is 3.